The number of benzene rings is 1. The highest BCUT2D eigenvalue weighted by atomic mass is 19.1. The molecule has 0 bridgehead atoms. The molecule has 112 valence electrons. The molecule has 0 saturated carbocycles. The SMILES string of the molecule is CCCC(C)(N)C(=O)N(CC)C(C)c1ccc(F)cc1. The molecule has 0 aliphatic heterocycles. The van der Waals surface area contributed by atoms with Crippen LogP contribution in [0.4, 0.5) is 4.39 Å². The van der Waals surface area contributed by atoms with Crippen molar-refractivity contribution in [1.29, 1.82) is 0 Å². The Labute approximate surface area is 121 Å². The summed E-state index contributed by atoms with van der Waals surface area (Å²) in [5, 5.41) is 0. The van der Waals surface area contributed by atoms with Crippen LogP contribution in [0.1, 0.15) is 52.1 Å². The second-order valence-corrected chi connectivity index (χ2v) is 5.49. The molecule has 2 atom stereocenters. The van der Waals surface area contributed by atoms with Gasteiger partial charge in [0.25, 0.3) is 0 Å². The van der Waals surface area contributed by atoms with Crippen molar-refractivity contribution in [3.63, 3.8) is 0 Å². The minimum atomic E-state index is -0.848. The molecular weight excluding hydrogens is 255 g/mol. The van der Waals surface area contributed by atoms with Gasteiger partial charge in [0, 0.05) is 6.54 Å². The van der Waals surface area contributed by atoms with Crippen LogP contribution < -0.4 is 5.73 Å². The third-order valence-corrected chi connectivity index (χ3v) is 3.68. The maximum atomic E-state index is 13.0. The summed E-state index contributed by atoms with van der Waals surface area (Å²) < 4.78 is 13.0. The predicted octanol–water partition coefficient (Wildman–Crippen LogP) is 3.25. The summed E-state index contributed by atoms with van der Waals surface area (Å²) >= 11 is 0. The standard InChI is InChI=1S/C16H25FN2O/c1-5-11-16(4,18)15(20)19(6-2)12(3)13-7-9-14(17)10-8-13/h7-10,12H,5-6,11,18H2,1-4H3. The molecule has 2 unspecified atom stereocenters. The summed E-state index contributed by atoms with van der Waals surface area (Å²) in [5.74, 6) is -0.330. The summed E-state index contributed by atoms with van der Waals surface area (Å²) in [5.41, 5.74) is 6.20. The van der Waals surface area contributed by atoms with E-state index in [0.29, 0.717) is 13.0 Å². The lowest BCUT2D eigenvalue weighted by atomic mass is 9.94. The normalized spacial score (nSPS) is 15.5. The van der Waals surface area contributed by atoms with Crippen LogP contribution in [-0.2, 0) is 4.79 Å². The zero-order valence-corrected chi connectivity index (χ0v) is 12.8. The molecule has 0 spiro atoms. The molecule has 1 rings (SSSR count). The second kappa shape index (κ2) is 6.84. The zero-order valence-electron chi connectivity index (χ0n) is 12.8. The van der Waals surface area contributed by atoms with Gasteiger partial charge in [-0.25, -0.2) is 4.39 Å². The molecule has 0 heterocycles. The van der Waals surface area contributed by atoms with Crippen molar-refractivity contribution >= 4 is 5.91 Å². The van der Waals surface area contributed by atoms with Crippen LogP contribution in [0.2, 0.25) is 0 Å². The summed E-state index contributed by atoms with van der Waals surface area (Å²) in [6, 6.07) is 6.14. The Hall–Kier alpha value is -1.42. The van der Waals surface area contributed by atoms with Crippen molar-refractivity contribution in [1.82, 2.24) is 4.90 Å². The van der Waals surface area contributed by atoms with E-state index in [1.807, 2.05) is 20.8 Å². The van der Waals surface area contributed by atoms with Crippen LogP contribution in [0.3, 0.4) is 0 Å². The number of nitrogens with two attached hydrogens (primary N) is 1. The molecule has 0 fully saturated rings. The van der Waals surface area contributed by atoms with Gasteiger partial charge in [-0.1, -0.05) is 25.5 Å². The summed E-state index contributed by atoms with van der Waals surface area (Å²) in [6.07, 6.45) is 1.51. The van der Waals surface area contributed by atoms with Crippen molar-refractivity contribution in [3.05, 3.63) is 35.6 Å². The molecule has 1 amide bonds. The molecule has 0 aliphatic carbocycles. The Morgan fingerprint density at radius 1 is 1.35 bits per heavy atom. The van der Waals surface area contributed by atoms with E-state index in [1.165, 1.54) is 12.1 Å². The van der Waals surface area contributed by atoms with Gasteiger partial charge in [-0.05, 0) is 44.9 Å². The van der Waals surface area contributed by atoms with E-state index in [-0.39, 0.29) is 17.8 Å². The number of hydrogen-bond donors (Lipinski definition) is 1. The van der Waals surface area contributed by atoms with Gasteiger partial charge in [0.05, 0.1) is 11.6 Å². The smallest absolute Gasteiger partial charge is 0.242 e. The highest BCUT2D eigenvalue weighted by Gasteiger charge is 2.33. The molecule has 4 heteroatoms. The molecule has 1 aromatic rings. The average molecular weight is 280 g/mol. The van der Waals surface area contributed by atoms with E-state index < -0.39 is 5.54 Å². The number of rotatable bonds is 6. The van der Waals surface area contributed by atoms with Crippen LogP contribution in [0.5, 0.6) is 0 Å². The number of carbonyl (C=O) groups is 1. The third-order valence-electron chi connectivity index (χ3n) is 3.68. The average Bonchev–Trinajstić information content (AvgIpc) is 2.40. The van der Waals surface area contributed by atoms with Crippen molar-refractivity contribution in [2.75, 3.05) is 6.54 Å². The lowest BCUT2D eigenvalue weighted by Crippen LogP contribution is -2.53. The van der Waals surface area contributed by atoms with E-state index in [9.17, 15) is 9.18 Å². The van der Waals surface area contributed by atoms with Crippen LogP contribution >= 0.6 is 0 Å². The van der Waals surface area contributed by atoms with Gasteiger partial charge in [-0.3, -0.25) is 4.79 Å². The fraction of sp³-hybridized carbons (Fsp3) is 0.562. The molecule has 0 saturated heterocycles. The summed E-state index contributed by atoms with van der Waals surface area (Å²) in [4.78, 5) is 14.3. The number of amides is 1. The monoisotopic (exact) mass is 280 g/mol. The number of carbonyl (C=O) groups excluding carboxylic acids is 1. The van der Waals surface area contributed by atoms with Crippen molar-refractivity contribution < 1.29 is 9.18 Å². The maximum Gasteiger partial charge on any atom is 0.242 e. The van der Waals surface area contributed by atoms with E-state index >= 15 is 0 Å². The van der Waals surface area contributed by atoms with E-state index in [4.69, 9.17) is 5.73 Å². The van der Waals surface area contributed by atoms with Crippen LogP contribution in [0.15, 0.2) is 24.3 Å². The van der Waals surface area contributed by atoms with E-state index in [1.54, 1.807) is 24.0 Å². The maximum absolute atomic E-state index is 13.0. The third kappa shape index (κ3) is 3.79. The van der Waals surface area contributed by atoms with Crippen LogP contribution in [0.25, 0.3) is 0 Å². The van der Waals surface area contributed by atoms with Gasteiger partial charge in [0.15, 0.2) is 0 Å². The van der Waals surface area contributed by atoms with Gasteiger partial charge in [-0.2, -0.15) is 0 Å². The van der Waals surface area contributed by atoms with Crippen molar-refractivity contribution in [3.8, 4) is 0 Å². The molecule has 0 radical (unpaired) electrons. The van der Waals surface area contributed by atoms with Gasteiger partial charge in [-0.15, -0.1) is 0 Å². The summed E-state index contributed by atoms with van der Waals surface area (Å²) in [7, 11) is 0. The Morgan fingerprint density at radius 3 is 2.35 bits per heavy atom. The molecule has 1 aromatic carbocycles. The summed E-state index contributed by atoms with van der Waals surface area (Å²) in [6.45, 7) is 8.24. The first-order chi connectivity index (χ1) is 9.33. The highest BCUT2D eigenvalue weighted by Crippen LogP contribution is 2.24. The first-order valence-electron chi connectivity index (χ1n) is 7.18. The minimum absolute atomic E-state index is 0.0568. The molecule has 20 heavy (non-hydrogen) atoms. The fourth-order valence-corrected chi connectivity index (χ4v) is 2.47. The number of nitrogens with zero attached hydrogens (tertiary/aromatic N) is 1. The lowest BCUT2D eigenvalue weighted by molar-refractivity contribution is -0.138. The van der Waals surface area contributed by atoms with Crippen LogP contribution in [-0.4, -0.2) is 22.9 Å². The van der Waals surface area contributed by atoms with Gasteiger partial charge in [0.1, 0.15) is 5.82 Å². The van der Waals surface area contributed by atoms with Gasteiger partial charge >= 0.3 is 0 Å². The van der Waals surface area contributed by atoms with Crippen LogP contribution in [0, 0.1) is 5.82 Å². The topological polar surface area (TPSA) is 46.3 Å². The molecule has 0 aromatic heterocycles. The largest absolute Gasteiger partial charge is 0.335 e. The number of likely N-dealkylation sites (N-methyl/N-ethyl adjacent to an activating group) is 1. The minimum Gasteiger partial charge on any atom is -0.335 e. The Bertz CT molecular complexity index is 442. The quantitative estimate of drug-likeness (QED) is 0.869. The van der Waals surface area contributed by atoms with Gasteiger partial charge < -0.3 is 10.6 Å². The van der Waals surface area contributed by atoms with E-state index in [2.05, 4.69) is 0 Å². The Morgan fingerprint density at radius 2 is 1.90 bits per heavy atom. The van der Waals surface area contributed by atoms with Crippen molar-refractivity contribution in [2.24, 2.45) is 5.73 Å². The molecule has 0 aliphatic rings. The zero-order chi connectivity index (χ0) is 15.3. The molecule has 3 nitrogen and oxygen atoms in total. The molecule has 2 N–H and O–H groups in total. The second-order valence-electron chi connectivity index (χ2n) is 5.49. The fourth-order valence-electron chi connectivity index (χ4n) is 2.47. The Balaban J connectivity index is 2.95. The number of hydrogen-bond acceptors (Lipinski definition) is 2. The van der Waals surface area contributed by atoms with E-state index in [0.717, 1.165) is 12.0 Å². The highest BCUT2D eigenvalue weighted by molar-refractivity contribution is 5.86. The first-order valence-corrected chi connectivity index (χ1v) is 7.18. The Kier molecular flexibility index (Phi) is 5.69. The van der Waals surface area contributed by atoms with Gasteiger partial charge in [0.2, 0.25) is 5.91 Å². The first kappa shape index (κ1) is 16.6. The molecular formula is C16H25FN2O. The van der Waals surface area contributed by atoms with Crippen molar-refractivity contribution in [2.45, 2.75) is 52.1 Å². The number of halogens is 1. The predicted molar refractivity (Wildman–Crippen MR) is 79.7 cm³/mol. The lowest BCUT2D eigenvalue weighted by Gasteiger charge is -2.35.